The fraction of sp³-hybridized carbons (Fsp3) is 0.583. The Bertz CT molecular complexity index is 699. The molecule has 2 unspecified atom stereocenters. The van der Waals surface area contributed by atoms with E-state index in [0.717, 1.165) is 24.8 Å². The lowest BCUT2D eigenvalue weighted by Crippen LogP contribution is -2.21. The van der Waals surface area contributed by atoms with Gasteiger partial charge in [-0.1, -0.05) is 56.5 Å². The highest BCUT2D eigenvalue weighted by Gasteiger charge is 2.35. The van der Waals surface area contributed by atoms with Gasteiger partial charge >= 0.3 is 17.9 Å². The van der Waals surface area contributed by atoms with E-state index in [1.165, 1.54) is 13.3 Å². The van der Waals surface area contributed by atoms with E-state index in [1.807, 2.05) is 30.3 Å². The van der Waals surface area contributed by atoms with E-state index in [1.54, 1.807) is 0 Å². The van der Waals surface area contributed by atoms with Crippen molar-refractivity contribution in [3.8, 4) is 0 Å². The number of unbranched alkanes of at least 4 members (excludes halogenated alkanes) is 3. The fourth-order valence-electron chi connectivity index (χ4n) is 3.35. The van der Waals surface area contributed by atoms with Crippen molar-refractivity contribution in [2.75, 3.05) is 0 Å². The number of carboxylic acids is 1. The molecule has 1 saturated carbocycles. The lowest BCUT2D eigenvalue weighted by Gasteiger charge is -2.18. The second-order valence-electron chi connectivity index (χ2n) is 7.74. The smallest absolute Gasteiger partial charge is 0.306 e. The first-order valence-electron chi connectivity index (χ1n) is 10.9. The molecule has 0 bridgehead atoms. The van der Waals surface area contributed by atoms with Gasteiger partial charge in [-0.05, 0) is 18.4 Å². The van der Waals surface area contributed by atoms with E-state index in [0.29, 0.717) is 19.3 Å². The summed E-state index contributed by atoms with van der Waals surface area (Å²) in [7, 11) is 0. The van der Waals surface area contributed by atoms with Crippen LogP contribution < -0.4 is 0 Å². The maximum absolute atomic E-state index is 11.8. The first kappa shape index (κ1) is 26.3. The van der Waals surface area contributed by atoms with Crippen molar-refractivity contribution in [1.82, 2.24) is 0 Å². The number of benzene rings is 1. The summed E-state index contributed by atoms with van der Waals surface area (Å²) >= 11 is 0. The van der Waals surface area contributed by atoms with Crippen LogP contribution in [0.25, 0.3) is 0 Å². The highest BCUT2D eigenvalue weighted by Crippen LogP contribution is 2.29. The van der Waals surface area contributed by atoms with Crippen molar-refractivity contribution in [3.05, 3.63) is 35.9 Å². The van der Waals surface area contributed by atoms with Gasteiger partial charge in [0.05, 0.1) is 0 Å². The zero-order chi connectivity index (χ0) is 23.1. The molecule has 0 heterocycles. The van der Waals surface area contributed by atoms with Gasteiger partial charge in [0.25, 0.3) is 0 Å². The summed E-state index contributed by atoms with van der Waals surface area (Å²) in [4.78, 5) is 44.2. The van der Waals surface area contributed by atoms with Gasteiger partial charge < -0.3 is 14.6 Å². The van der Waals surface area contributed by atoms with Gasteiger partial charge in [-0.15, -0.1) is 0 Å². The van der Waals surface area contributed by atoms with Crippen molar-refractivity contribution in [2.24, 2.45) is 5.92 Å². The minimum Gasteiger partial charge on any atom is -0.481 e. The van der Waals surface area contributed by atoms with Crippen LogP contribution in [0.2, 0.25) is 0 Å². The number of ketones is 1. The number of carboxylic acid groups (broad SMARTS) is 1. The number of esters is 2. The quantitative estimate of drug-likeness (QED) is 0.405. The second-order valence-corrected chi connectivity index (χ2v) is 7.74. The number of ether oxygens (including phenoxy) is 2. The molecule has 7 heteroatoms. The average Bonchev–Trinajstić information content (AvgIpc) is 3.07. The van der Waals surface area contributed by atoms with Crippen LogP contribution in [-0.2, 0) is 35.3 Å². The third-order valence-corrected chi connectivity index (χ3v) is 4.97. The number of Topliss-reactive ketones (excluding diaryl/α,β-unsaturated/α-hetero) is 1. The van der Waals surface area contributed by atoms with E-state index >= 15 is 0 Å². The molecule has 0 spiro atoms. The first-order valence-corrected chi connectivity index (χ1v) is 10.9. The van der Waals surface area contributed by atoms with E-state index in [9.17, 15) is 19.2 Å². The molecule has 0 saturated heterocycles. The average molecular weight is 435 g/mol. The summed E-state index contributed by atoms with van der Waals surface area (Å²) in [5.74, 6) is -1.37. The third-order valence-electron chi connectivity index (χ3n) is 4.97. The molecule has 1 aliphatic carbocycles. The molecule has 1 aliphatic rings. The molecule has 1 aromatic carbocycles. The molecule has 172 valence electrons. The molecule has 0 radical (unpaired) electrons. The number of hydrogen-bond acceptors (Lipinski definition) is 6. The summed E-state index contributed by atoms with van der Waals surface area (Å²) < 4.78 is 10.3. The summed E-state index contributed by atoms with van der Waals surface area (Å²) in [5.41, 5.74) is 0.935. The molecular formula is C24H34O7. The Kier molecular flexibility index (Phi) is 12.9. The van der Waals surface area contributed by atoms with Crippen LogP contribution in [0, 0.1) is 5.92 Å². The Morgan fingerprint density at radius 2 is 1.74 bits per heavy atom. The monoisotopic (exact) mass is 434 g/mol. The van der Waals surface area contributed by atoms with Gasteiger partial charge in [-0.2, -0.15) is 0 Å². The maximum Gasteiger partial charge on any atom is 0.306 e. The predicted octanol–water partition coefficient (Wildman–Crippen LogP) is 4.46. The van der Waals surface area contributed by atoms with Gasteiger partial charge in [-0.25, -0.2) is 0 Å². The van der Waals surface area contributed by atoms with Crippen molar-refractivity contribution in [3.63, 3.8) is 0 Å². The van der Waals surface area contributed by atoms with Crippen molar-refractivity contribution in [2.45, 2.75) is 84.3 Å². The van der Waals surface area contributed by atoms with Gasteiger partial charge in [0.1, 0.15) is 18.5 Å². The molecule has 2 rings (SSSR count). The summed E-state index contributed by atoms with van der Waals surface area (Å²) in [6.07, 6.45) is 5.50. The van der Waals surface area contributed by atoms with Crippen molar-refractivity contribution < 1.29 is 33.8 Å². The van der Waals surface area contributed by atoms with E-state index in [4.69, 9.17) is 14.6 Å². The SMILES string of the molecule is CC(=O)OC1CC(=O)CC1CCC(=O)OCc1ccccc1.CCCCCCC(=O)O. The molecule has 0 aromatic heterocycles. The number of rotatable bonds is 11. The molecule has 1 aromatic rings. The molecule has 1 fully saturated rings. The fourth-order valence-corrected chi connectivity index (χ4v) is 3.35. The lowest BCUT2D eigenvalue weighted by atomic mass is 9.99. The van der Waals surface area contributed by atoms with Crippen molar-refractivity contribution in [1.29, 1.82) is 0 Å². The Balaban J connectivity index is 0.000000452. The number of carbonyl (C=O) groups is 4. The molecule has 1 N–H and O–H groups in total. The number of aliphatic carboxylic acids is 1. The maximum atomic E-state index is 11.8. The minimum atomic E-state index is -0.675. The zero-order valence-corrected chi connectivity index (χ0v) is 18.5. The topological polar surface area (TPSA) is 107 Å². The zero-order valence-electron chi connectivity index (χ0n) is 18.5. The van der Waals surface area contributed by atoms with E-state index in [2.05, 4.69) is 6.92 Å². The molecular weight excluding hydrogens is 400 g/mol. The lowest BCUT2D eigenvalue weighted by molar-refractivity contribution is -0.148. The highest BCUT2D eigenvalue weighted by molar-refractivity contribution is 5.82. The Morgan fingerprint density at radius 1 is 1.03 bits per heavy atom. The number of hydrogen-bond donors (Lipinski definition) is 1. The summed E-state index contributed by atoms with van der Waals surface area (Å²) in [5, 5.41) is 8.21. The summed E-state index contributed by atoms with van der Waals surface area (Å²) in [6, 6.07) is 9.45. The van der Waals surface area contributed by atoms with Gasteiger partial charge in [-0.3, -0.25) is 19.2 Å². The summed E-state index contributed by atoms with van der Waals surface area (Å²) in [6.45, 7) is 3.69. The first-order chi connectivity index (χ1) is 14.8. The third kappa shape index (κ3) is 12.6. The molecule has 2 atom stereocenters. The van der Waals surface area contributed by atoms with Crippen molar-refractivity contribution >= 4 is 23.7 Å². The van der Waals surface area contributed by atoms with Crippen LogP contribution in [0.15, 0.2) is 30.3 Å². The Hall–Kier alpha value is -2.70. The van der Waals surface area contributed by atoms with Crippen LogP contribution in [0.4, 0.5) is 0 Å². The largest absolute Gasteiger partial charge is 0.481 e. The van der Waals surface area contributed by atoms with Crippen LogP contribution >= 0.6 is 0 Å². The normalized spacial score (nSPS) is 17.4. The predicted molar refractivity (Wildman–Crippen MR) is 115 cm³/mol. The Labute approximate surface area is 184 Å². The molecule has 31 heavy (non-hydrogen) atoms. The van der Waals surface area contributed by atoms with Crippen LogP contribution in [0.5, 0.6) is 0 Å². The molecule has 0 aliphatic heterocycles. The van der Waals surface area contributed by atoms with Gasteiger partial charge in [0.2, 0.25) is 0 Å². The van der Waals surface area contributed by atoms with Gasteiger partial charge in [0.15, 0.2) is 0 Å². The van der Waals surface area contributed by atoms with Crippen LogP contribution in [0.3, 0.4) is 0 Å². The minimum absolute atomic E-state index is 0.0777. The molecule has 0 amide bonds. The van der Waals surface area contributed by atoms with Crippen LogP contribution in [-0.4, -0.2) is 34.9 Å². The van der Waals surface area contributed by atoms with Crippen LogP contribution in [0.1, 0.15) is 77.2 Å². The number of carbonyl (C=O) groups excluding carboxylic acids is 3. The molecule has 7 nitrogen and oxygen atoms in total. The standard InChI is InChI=1S/C17H20O5.C7H14O2/c1-12(18)22-16-10-15(19)9-14(16)7-8-17(20)21-11-13-5-3-2-4-6-13;1-2-3-4-5-6-7(8)9/h2-6,14,16H,7-11H2,1H3;2-6H2,1H3,(H,8,9). The highest BCUT2D eigenvalue weighted by atomic mass is 16.5. The van der Waals surface area contributed by atoms with E-state index in [-0.39, 0.29) is 37.1 Å². The Morgan fingerprint density at radius 3 is 2.35 bits per heavy atom. The van der Waals surface area contributed by atoms with E-state index < -0.39 is 18.0 Å². The van der Waals surface area contributed by atoms with Gasteiger partial charge in [0, 0.05) is 38.5 Å². The second kappa shape index (κ2) is 15.2.